The number of hydrogen-bond donors (Lipinski definition) is 0. The predicted octanol–water partition coefficient (Wildman–Crippen LogP) is -0.964. The van der Waals surface area contributed by atoms with Crippen molar-refractivity contribution in [2.75, 3.05) is 18.5 Å². The molecule has 9 heteroatoms. The summed E-state index contributed by atoms with van der Waals surface area (Å²) in [5, 5.41) is 3.75. The van der Waals surface area contributed by atoms with Gasteiger partial charge in [-0.2, -0.15) is 5.10 Å². The maximum absolute atomic E-state index is 12.4. The molecule has 106 valence electrons. The first-order chi connectivity index (χ1) is 8.75. The number of halogens is 3. The topological polar surface area (TPSA) is 38.1 Å². The second-order valence-corrected chi connectivity index (χ2v) is 4.36. The van der Waals surface area contributed by atoms with E-state index in [1.807, 2.05) is 11.8 Å². The first kappa shape index (κ1) is 19.9. The zero-order valence-corrected chi connectivity index (χ0v) is 15.1. The van der Waals surface area contributed by atoms with E-state index in [1.54, 1.807) is 7.05 Å². The molecule has 0 spiro atoms. The summed E-state index contributed by atoms with van der Waals surface area (Å²) >= 11 is 0. The van der Waals surface area contributed by atoms with Gasteiger partial charge in [0, 0.05) is 26.2 Å². The molecule has 0 aliphatic carbocycles. The smallest absolute Gasteiger partial charge is 0.445 e. The van der Waals surface area contributed by atoms with Gasteiger partial charge in [0.25, 0.3) is 5.56 Å². The molecule has 0 unspecified atom stereocenters. The van der Waals surface area contributed by atoms with Crippen LogP contribution in [0.25, 0.3) is 0 Å². The van der Waals surface area contributed by atoms with Crippen LogP contribution >= 0.6 is 0 Å². The molecule has 1 aromatic rings. The van der Waals surface area contributed by atoms with Gasteiger partial charge < -0.3 is 17.8 Å². The van der Waals surface area contributed by atoms with Crippen molar-refractivity contribution < 1.29 is 64.3 Å². The molecule has 0 aromatic carbocycles. The fourth-order valence-corrected chi connectivity index (χ4v) is 1.51. The van der Waals surface area contributed by atoms with Crippen LogP contribution in [0.5, 0.6) is 0 Å². The summed E-state index contributed by atoms with van der Waals surface area (Å²) in [5.41, 5.74) is -0.919. The average molecular weight is 313 g/mol. The van der Waals surface area contributed by atoms with Crippen LogP contribution in [0, 0.1) is 0 Å². The molecule has 1 heterocycles. The first-order valence-electron chi connectivity index (χ1n) is 5.91. The summed E-state index contributed by atoms with van der Waals surface area (Å²) in [4.78, 5) is 13.5. The van der Waals surface area contributed by atoms with Crippen LogP contribution < -0.4 is 61.8 Å². The van der Waals surface area contributed by atoms with E-state index in [9.17, 15) is 17.7 Å². The Morgan fingerprint density at radius 3 is 2.55 bits per heavy atom. The first-order valence-corrected chi connectivity index (χ1v) is 5.91. The SMILES string of the molecule is C=C(Cn1ncc(N(C)CCC)cc1=O)[B-](F)(F)F.[K+]. The van der Waals surface area contributed by atoms with Crippen molar-refractivity contribution in [2.24, 2.45) is 0 Å². The Kier molecular flexibility index (Phi) is 8.34. The Balaban J connectivity index is 0.00000361. The van der Waals surface area contributed by atoms with Crippen LogP contribution in [0.3, 0.4) is 0 Å². The van der Waals surface area contributed by atoms with Crippen molar-refractivity contribution in [3.05, 3.63) is 34.7 Å². The molecule has 0 atom stereocenters. The van der Waals surface area contributed by atoms with Gasteiger partial charge in [0.2, 0.25) is 0 Å². The molecule has 0 bridgehead atoms. The molecule has 4 nitrogen and oxygen atoms in total. The van der Waals surface area contributed by atoms with Crippen molar-refractivity contribution in [1.29, 1.82) is 0 Å². The summed E-state index contributed by atoms with van der Waals surface area (Å²) in [6.07, 6.45) is 2.28. The van der Waals surface area contributed by atoms with E-state index < -0.39 is 24.6 Å². The summed E-state index contributed by atoms with van der Waals surface area (Å²) in [5.74, 6) is 0. The number of anilines is 1. The molecular weight excluding hydrogens is 297 g/mol. The van der Waals surface area contributed by atoms with Crippen molar-refractivity contribution in [3.63, 3.8) is 0 Å². The number of aromatic nitrogens is 2. The van der Waals surface area contributed by atoms with Crippen LogP contribution in [-0.4, -0.2) is 30.4 Å². The van der Waals surface area contributed by atoms with Crippen molar-refractivity contribution >= 4 is 12.7 Å². The van der Waals surface area contributed by atoms with E-state index in [0.717, 1.165) is 17.6 Å². The fraction of sp³-hybridized carbons (Fsp3) is 0.455. The van der Waals surface area contributed by atoms with E-state index in [2.05, 4.69) is 11.7 Å². The van der Waals surface area contributed by atoms with Crippen molar-refractivity contribution in [3.8, 4) is 0 Å². The monoisotopic (exact) mass is 313 g/mol. The van der Waals surface area contributed by atoms with Gasteiger partial charge in [-0.05, 0) is 6.42 Å². The Morgan fingerprint density at radius 2 is 2.10 bits per heavy atom. The minimum atomic E-state index is -5.15. The molecule has 0 amide bonds. The van der Waals surface area contributed by atoms with Gasteiger partial charge in [-0.25, -0.2) is 4.68 Å². The zero-order valence-electron chi connectivity index (χ0n) is 11.9. The Labute approximate surface area is 158 Å². The van der Waals surface area contributed by atoms with Gasteiger partial charge in [-0.1, -0.05) is 6.92 Å². The third-order valence-corrected chi connectivity index (χ3v) is 2.67. The Morgan fingerprint density at radius 1 is 1.50 bits per heavy atom. The van der Waals surface area contributed by atoms with E-state index >= 15 is 0 Å². The van der Waals surface area contributed by atoms with E-state index in [4.69, 9.17) is 0 Å². The number of rotatable bonds is 6. The van der Waals surface area contributed by atoms with Crippen LogP contribution in [0.15, 0.2) is 29.1 Å². The molecule has 0 saturated carbocycles. The maximum Gasteiger partial charge on any atom is 1.00 e. The molecule has 0 saturated heterocycles. The van der Waals surface area contributed by atoms with Crippen molar-refractivity contribution in [1.82, 2.24) is 9.78 Å². The summed E-state index contributed by atoms with van der Waals surface area (Å²) in [7, 11) is 1.79. The van der Waals surface area contributed by atoms with Crippen molar-refractivity contribution in [2.45, 2.75) is 19.9 Å². The average Bonchev–Trinajstić information content (AvgIpc) is 2.30. The van der Waals surface area contributed by atoms with Gasteiger partial charge in [0.15, 0.2) is 0 Å². The quantitative estimate of drug-likeness (QED) is 0.635. The summed E-state index contributed by atoms with van der Waals surface area (Å²) < 4.78 is 37.9. The van der Waals surface area contributed by atoms with Gasteiger partial charge in [-0.3, -0.25) is 4.79 Å². The maximum atomic E-state index is 12.4. The third kappa shape index (κ3) is 5.73. The second-order valence-electron chi connectivity index (χ2n) is 4.36. The Bertz CT molecular complexity index is 518. The molecule has 0 fully saturated rings. The number of hydrogen-bond acceptors (Lipinski definition) is 3. The molecule has 0 N–H and O–H groups in total. The molecule has 20 heavy (non-hydrogen) atoms. The Hall–Kier alpha value is -0.0887. The van der Waals surface area contributed by atoms with Crippen LogP contribution in [0.1, 0.15) is 13.3 Å². The fourth-order valence-electron chi connectivity index (χ4n) is 1.51. The molecule has 0 radical (unpaired) electrons. The predicted molar refractivity (Wildman–Crippen MR) is 70.3 cm³/mol. The van der Waals surface area contributed by atoms with Gasteiger partial charge in [0.1, 0.15) is 0 Å². The van der Waals surface area contributed by atoms with E-state index in [-0.39, 0.29) is 51.4 Å². The zero-order chi connectivity index (χ0) is 14.6. The summed E-state index contributed by atoms with van der Waals surface area (Å²) in [6.45, 7) is -0.104. The molecular formula is C11H16BF3KN3O. The normalized spacial score (nSPS) is 10.8. The minimum Gasteiger partial charge on any atom is -0.445 e. The molecule has 0 aliphatic rings. The molecule has 0 aliphatic heterocycles. The van der Waals surface area contributed by atoms with E-state index in [1.165, 1.54) is 12.3 Å². The van der Waals surface area contributed by atoms with Crippen LogP contribution in [0.4, 0.5) is 18.6 Å². The molecule has 1 rings (SSSR count). The van der Waals surface area contributed by atoms with Crippen LogP contribution in [0.2, 0.25) is 0 Å². The number of nitrogens with zero attached hydrogens (tertiary/aromatic N) is 3. The largest absolute Gasteiger partial charge is 1.00 e. The van der Waals surface area contributed by atoms with Crippen LogP contribution in [-0.2, 0) is 6.54 Å². The van der Waals surface area contributed by atoms with Gasteiger partial charge in [-0.15, -0.1) is 12.1 Å². The third-order valence-electron chi connectivity index (χ3n) is 2.67. The van der Waals surface area contributed by atoms with E-state index in [0.29, 0.717) is 5.69 Å². The minimum absolute atomic E-state index is 0. The summed E-state index contributed by atoms with van der Waals surface area (Å²) in [6, 6.07) is 1.28. The number of allylic oxidation sites excluding steroid dienone is 1. The molecule has 1 aromatic heterocycles. The second kappa shape index (κ2) is 8.38. The van der Waals surface area contributed by atoms with Gasteiger partial charge >= 0.3 is 58.4 Å². The van der Waals surface area contributed by atoms with Gasteiger partial charge in [0.05, 0.1) is 11.9 Å². The standard InChI is InChI=1S/C11H16BF3N3O.K/c1-4-5-17(3)10-6-11(19)18(16-7-10)8-9(2)12(13,14)15;/h6-7H,2,4-5,8H2,1,3H3;/q-1;+1.